The van der Waals surface area contributed by atoms with Crippen LogP contribution in [0.5, 0.6) is 0 Å². The van der Waals surface area contributed by atoms with Crippen LogP contribution in [0.25, 0.3) is 10.9 Å². The van der Waals surface area contributed by atoms with Gasteiger partial charge in [-0.2, -0.15) is 0 Å². The Balaban J connectivity index is 2.22. The van der Waals surface area contributed by atoms with Crippen LogP contribution in [0.3, 0.4) is 0 Å². The number of carbonyl (C=O) groups is 1. The van der Waals surface area contributed by atoms with Crippen LogP contribution in [0.15, 0.2) is 49.6 Å². The zero-order valence-corrected chi connectivity index (χ0v) is 15.3. The smallest absolute Gasteiger partial charge is 0.419 e. The van der Waals surface area contributed by atoms with Crippen LogP contribution in [-0.4, -0.2) is 34.3 Å². The molecule has 1 aliphatic heterocycles. The van der Waals surface area contributed by atoms with Crippen LogP contribution in [0.2, 0.25) is 0 Å². The molecular formula is C21H26N2O2. The summed E-state index contributed by atoms with van der Waals surface area (Å²) in [6.07, 6.45) is 4.35. The van der Waals surface area contributed by atoms with E-state index in [2.05, 4.69) is 24.1 Å². The molecule has 2 aromatic rings. The lowest BCUT2D eigenvalue weighted by Crippen LogP contribution is -2.37. The van der Waals surface area contributed by atoms with Crippen molar-refractivity contribution in [2.75, 3.05) is 13.1 Å². The molecule has 1 atom stereocenters. The number of benzene rings is 1. The van der Waals surface area contributed by atoms with Crippen molar-refractivity contribution in [2.24, 2.45) is 0 Å². The second-order valence-electron chi connectivity index (χ2n) is 7.41. The first-order valence-corrected chi connectivity index (χ1v) is 8.70. The third-order valence-electron chi connectivity index (χ3n) is 4.51. The minimum absolute atomic E-state index is 0.0401. The summed E-state index contributed by atoms with van der Waals surface area (Å²) in [5.74, 6) is 0. The average molecular weight is 338 g/mol. The van der Waals surface area contributed by atoms with Crippen LogP contribution in [-0.2, 0) is 11.2 Å². The Labute approximate surface area is 149 Å². The minimum atomic E-state index is -0.547. The zero-order chi connectivity index (χ0) is 18.2. The summed E-state index contributed by atoms with van der Waals surface area (Å²) >= 11 is 0. The number of carbonyl (C=O) groups excluding carboxylic acids is 1. The van der Waals surface area contributed by atoms with Gasteiger partial charge in [0.05, 0.1) is 17.3 Å². The number of hydrogen-bond donors (Lipinski definition) is 0. The van der Waals surface area contributed by atoms with Gasteiger partial charge in [0.2, 0.25) is 0 Å². The lowest BCUT2D eigenvalue weighted by Gasteiger charge is -2.34. The third-order valence-corrected chi connectivity index (χ3v) is 4.51. The predicted molar refractivity (Wildman–Crippen MR) is 102 cm³/mol. The van der Waals surface area contributed by atoms with Crippen molar-refractivity contribution in [1.82, 2.24) is 9.47 Å². The van der Waals surface area contributed by atoms with Gasteiger partial charge in [-0.1, -0.05) is 30.4 Å². The number of aromatic nitrogens is 1. The molecule has 4 heteroatoms. The number of fused-ring (bicyclic) bond motifs is 3. The van der Waals surface area contributed by atoms with Gasteiger partial charge >= 0.3 is 6.09 Å². The maximum Gasteiger partial charge on any atom is 0.419 e. The standard InChI is InChI=1S/C21H26N2O2/c1-6-13-22-14-12-16-15-10-8-9-11-18(15)23(19(16)17(22)7-2)20(24)25-21(3,4)5/h6-11,17H,1-2,12-14H2,3-5H3. The largest absolute Gasteiger partial charge is 0.443 e. The van der Waals surface area contributed by atoms with E-state index < -0.39 is 5.60 Å². The van der Waals surface area contributed by atoms with Gasteiger partial charge in [0.25, 0.3) is 0 Å². The van der Waals surface area contributed by atoms with Crippen LogP contribution in [0.4, 0.5) is 4.79 Å². The summed E-state index contributed by atoms with van der Waals surface area (Å²) in [4.78, 5) is 15.3. The number of hydrogen-bond acceptors (Lipinski definition) is 3. The number of para-hydroxylation sites is 1. The van der Waals surface area contributed by atoms with Gasteiger partial charge in [-0.05, 0) is 38.8 Å². The third kappa shape index (κ3) is 3.14. The molecule has 25 heavy (non-hydrogen) atoms. The van der Waals surface area contributed by atoms with E-state index in [9.17, 15) is 4.79 Å². The lowest BCUT2D eigenvalue weighted by molar-refractivity contribution is 0.0532. The van der Waals surface area contributed by atoms with Crippen molar-refractivity contribution in [3.8, 4) is 0 Å². The summed E-state index contributed by atoms with van der Waals surface area (Å²) in [5, 5.41) is 1.12. The predicted octanol–water partition coefficient (Wildman–Crippen LogP) is 4.70. The lowest BCUT2D eigenvalue weighted by atomic mass is 9.97. The zero-order valence-electron chi connectivity index (χ0n) is 15.3. The molecule has 0 radical (unpaired) electrons. The second kappa shape index (κ2) is 6.52. The molecule has 0 saturated carbocycles. The molecule has 0 N–H and O–H groups in total. The van der Waals surface area contributed by atoms with Gasteiger partial charge < -0.3 is 4.74 Å². The Hall–Kier alpha value is -2.33. The van der Waals surface area contributed by atoms with Gasteiger partial charge in [-0.3, -0.25) is 4.90 Å². The highest BCUT2D eigenvalue weighted by Gasteiger charge is 2.33. The van der Waals surface area contributed by atoms with Crippen LogP contribution in [0, 0.1) is 0 Å². The Morgan fingerprint density at radius 2 is 2.04 bits per heavy atom. The highest BCUT2D eigenvalue weighted by Crippen LogP contribution is 2.38. The highest BCUT2D eigenvalue weighted by molar-refractivity contribution is 5.94. The fourth-order valence-electron chi connectivity index (χ4n) is 3.60. The normalized spacial score (nSPS) is 18.0. The minimum Gasteiger partial charge on any atom is -0.443 e. The van der Waals surface area contributed by atoms with Gasteiger partial charge in [0.1, 0.15) is 5.60 Å². The summed E-state index contributed by atoms with van der Waals surface area (Å²) in [5.41, 5.74) is 2.54. The fourth-order valence-corrected chi connectivity index (χ4v) is 3.60. The topological polar surface area (TPSA) is 34.5 Å². The van der Waals surface area contributed by atoms with Crippen molar-refractivity contribution >= 4 is 17.0 Å². The fraction of sp³-hybridized carbons (Fsp3) is 0.381. The van der Waals surface area contributed by atoms with Crippen LogP contribution in [0.1, 0.15) is 38.1 Å². The van der Waals surface area contributed by atoms with E-state index in [1.807, 2.05) is 51.1 Å². The maximum atomic E-state index is 13.0. The molecule has 1 aliphatic rings. The molecule has 132 valence electrons. The van der Waals surface area contributed by atoms with Crippen molar-refractivity contribution in [2.45, 2.75) is 38.8 Å². The summed E-state index contributed by atoms with van der Waals surface area (Å²) in [6, 6.07) is 8.00. The van der Waals surface area contributed by atoms with Crippen molar-refractivity contribution < 1.29 is 9.53 Å². The highest BCUT2D eigenvalue weighted by atomic mass is 16.6. The first kappa shape index (κ1) is 17.5. The van der Waals surface area contributed by atoms with E-state index in [-0.39, 0.29) is 12.1 Å². The number of ether oxygens (including phenoxy) is 1. The Kier molecular flexibility index (Phi) is 4.56. The van der Waals surface area contributed by atoms with Gasteiger partial charge in [0, 0.05) is 18.5 Å². The molecule has 0 amide bonds. The van der Waals surface area contributed by atoms with E-state index in [1.54, 1.807) is 4.57 Å². The molecule has 0 saturated heterocycles. The van der Waals surface area contributed by atoms with Crippen molar-refractivity contribution in [3.63, 3.8) is 0 Å². The van der Waals surface area contributed by atoms with Gasteiger partial charge in [-0.15, -0.1) is 13.2 Å². The quantitative estimate of drug-likeness (QED) is 0.761. The molecule has 2 heterocycles. The van der Waals surface area contributed by atoms with E-state index >= 15 is 0 Å². The summed E-state index contributed by atoms with van der Waals surface area (Å²) < 4.78 is 7.43. The molecule has 0 aliphatic carbocycles. The molecule has 0 bridgehead atoms. The molecule has 1 aromatic heterocycles. The molecule has 4 nitrogen and oxygen atoms in total. The van der Waals surface area contributed by atoms with Gasteiger partial charge in [-0.25, -0.2) is 9.36 Å². The summed E-state index contributed by atoms with van der Waals surface area (Å²) in [7, 11) is 0. The molecule has 0 fully saturated rings. The SMILES string of the molecule is C=CCN1CCc2c(n(C(=O)OC(C)(C)C)c3ccccc23)C1C=C. The monoisotopic (exact) mass is 338 g/mol. The molecule has 0 spiro atoms. The first-order valence-electron chi connectivity index (χ1n) is 8.70. The average Bonchev–Trinajstić information content (AvgIpc) is 2.88. The Bertz CT molecular complexity index is 826. The molecule has 1 aromatic carbocycles. The van der Waals surface area contributed by atoms with Crippen LogP contribution >= 0.6 is 0 Å². The Morgan fingerprint density at radius 1 is 1.32 bits per heavy atom. The van der Waals surface area contributed by atoms with Crippen molar-refractivity contribution in [1.29, 1.82) is 0 Å². The Morgan fingerprint density at radius 3 is 2.68 bits per heavy atom. The molecule has 1 unspecified atom stereocenters. The molecular weight excluding hydrogens is 312 g/mol. The van der Waals surface area contributed by atoms with Crippen molar-refractivity contribution in [3.05, 3.63) is 60.8 Å². The molecule has 3 rings (SSSR count). The van der Waals surface area contributed by atoms with Gasteiger partial charge in [0.15, 0.2) is 0 Å². The van der Waals surface area contributed by atoms with E-state index in [1.165, 1.54) is 5.56 Å². The van der Waals surface area contributed by atoms with E-state index in [4.69, 9.17) is 4.74 Å². The number of rotatable bonds is 3. The summed E-state index contributed by atoms with van der Waals surface area (Å²) in [6.45, 7) is 15.2. The second-order valence-corrected chi connectivity index (χ2v) is 7.41. The van der Waals surface area contributed by atoms with E-state index in [0.29, 0.717) is 0 Å². The first-order chi connectivity index (χ1) is 11.9. The van der Waals surface area contributed by atoms with Crippen LogP contribution < -0.4 is 0 Å². The number of nitrogens with zero attached hydrogens (tertiary/aromatic N) is 2. The maximum absolute atomic E-state index is 13.0. The van der Waals surface area contributed by atoms with E-state index in [0.717, 1.165) is 36.1 Å².